The van der Waals surface area contributed by atoms with Crippen LogP contribution >= 0.6 is 11.6 Å². The number of likely N-dealkylation sites (N-methyl/N-ethyl adjacent to an activating group) is 1. The van der Waals surface area contributed by atoms with Gasteiger partial charge in [-0.1, -0.05) is 44.2 Å². The van der Waals surface area contributed by atoms with Crippen molar-refractivity contribution >= 4 is 23.3 Å². The molecular formula is C33H40ClFN6O2. The molecule has 3 heterocycles. The second kappa shape index (κ2) is 11.4. The van der Waals surface area contributed by atoms with Crippen molar-refractivity contribution in [3.8, 4) is 12.1 Å². The van der Waals surface area contributed by atoms with Gasteiger partial charge < -0.3 is 19.4 Å². The minimum absolute atomic E-state index is 0.0896. The van der Waals surface area contributed by atoms with Gasteiger partial charge in [0.2, 0.25) is 0 Å². The number of carbonyl (C=O) groups excluding carboxylic acids is 1. The second-order valence-electron chi connectivity index (χ2n) is 13.1. The van der Waals surface area contributed by atoms with Gasteiger partial charge >= 0.3 is 6.01 Å². The Balaban J connectivity index is 1.41. The zero-order valence-corrected chi connectivity index (χ0v) is 26.1. The molecule has 1 aromatic carbocycles. The Labute approximate surface area is 258 Å². The number of rotatable bonds is 6. The Hall–Kier alpha value is -3.22. The molecule has 228 valence electrons. The molecule has 0 radical (unpaired) electrons. The molecule has 0 N–H and O–H groups in total. The predicted molar refractivity (Wildman–Crippen MR) is 164 cm³/mol. The van der Waals surface area contributed by atoms with Gasteiger partial charge in [0.25, 0.3) is 5.91 Å². The molecule has 6 rings (SSSR count). The molecule has 2 fully saturated rings. The Kier molecular flexibility index (Phi) is 7.89. The van der Waals surface area contributed by atoms with Crippen LogP contribution in [0.1, 0.15) is 68.3 Å². The van der Waals surface area contributed by atoms with E-state index in [2.05, 4.69) is 55.5 Å². The van der Waals surface area contributed by atoms with Gasteiger partial charge in [0.15, 0.2) is 5.83 Å². The van der Waals surface area contributed by atoms with E-state index in [9.17, 15) is 14.4 Å². The van der Waals surface area contributed by atoms with E-state index in [-0.39, 0.29) is 23.8 Å². The number of aromatic nitrogens is 2. The molecule has 1 amide bonds. The highest BCUT2D eigenvalue weighted by Crippen LogP contribution is 2.59. The summed E-state index contributed by atoms with van der Waals surface area (Å²) in [6, 6.07) is 8.64. The van der Waals surface area contributed by atoms with Crippen LogP contribution in [0.5, 0.6) is 6.01 Å². The normalized spacial score (nSPS) is 26.2. The van der Waals surface area contributed by atoms with E-state index in [0.29, 0.717) is 31.7 Å². The summed E-state index contributed by atoms with van der Waals surface area (Å²) < 4.78 is 20.2. The zero-order chi connectivity index (χ0) is 30.5. The maximum atomic E-state index is 13.9. The predicted octanol–water partition coefficient (Wildman–Crippen LogP) is 5.13. The van der Waals surface area contributed by atoms with Gasteiger partial charge in [-0.25, -0.2) is 4.39 Å². The van der Waals surface area contributed by atoms with E-state index in [4.69, 9.17) is 26.3 Å². The van der Waals surface area contributed by atoms with Crippen molar-refractivity contribution in [1.82, 2.24) is 19.8 Å². The number of benzene rings is 1. The summed E-state index contributed by atoms with van der Waals surface area (Å²) in [5.74, 6) is -0.968. The average molecular weight is 607 g/mol. The summed E-state index contributed by atoms with van der Waals surface area (Å²) in [4.78, 5) is 28.6. The van der Waals surface area contributed by atoms with Crippen LogP contribution in [0.15, 0.2) is 30.6 Å². The van der Waals surface area contributed by atoms with E-state index in [0.717, 1.165) is 67.2 Å². The Morgan fingerprint density at radius 2 is 1.95 bits per heavy atom. The number of halogens is 2. The second-order valence-corrected chi connectivity index (χ2v) is 13.5. The fraction of sp³-hybridized carbons (Fsp3) is 0.576. The molecule has 2 aliphatic heterocycles. The van der Waals surface area contributed by atoms with Crippen LogP contribution in [0.2, 0.25) is 5.02 Å². The van der Waals surface area contributed by atoms with Crippen molar-refractivity contribution in [2.45, 2.75) is 81.7 Å². The molecule has 2 aromatic rings. The number of nitrogens with zero attached hydrogens (tertiary/aromatic N) is 6. The lowest BCUT2D eigenvalue weighted by Crippen LogP contribution is -2.56. The van der Waals surface area contributed by atoms with Crippen LogP contribution in [-0.4, -0.2) is 77.6 Å². The molecule has 0 saturated carbocycles. The van der Waals surface area contributed by atoms with Crippen molar-refractivity contribution in [3.05, 3.63) is 58.0 Å². The summed E-state index contributed by atoms with van der Waals surface area (Å²) in [6.45, 7) is 10.4. The molecular weight excluding hydrogens is 567 g/mol. The molecule has 8 nitrogen and oxygen atoms in total. The van der Waals surface area contributed by atoms with E-state index < -0.39 is 17.8 Å². The van der Waals surface area contributed by atoms with Gasteiger partial charge in [0.05, 0.1) is 24.2 Å². The van der Waals surface area contributed by atoms with Crippen LogP contribution in [0.25, 0.3) is 0 Å². The molecule has 4 aliphatic rings. The Bertz CT molecular complexity index is 1490. The molecule has 2 aliphatic carbocycles. The Morgan fingerprint density at radius 3 is 2.65 bits per heavy atom. The van der Waals surface area contributed by atoms with Gasteiger partial charge in [0, 0.05) is 47.1 Å². The first-order chi connectivity index (χ1) is 20.6. The number of piperazine rings is 1. The van der Waals surface area contributed by atoms with E-state index in [1.807, 2.05) is 6.07 Å². The number of fused-ring (bicyclic) bond motifs is 3. The SMILES string of the molecule is C=C(F)C(=O)N1CCN(c2nc(OCC3CCCN3C)nc3c2CCC2(CCc4c(Cl)cccc42)C3(C)C)CC1CC#N. The van der Waals surface area contributed by atoms with E-state index >= 15 is 0 Å². The largest absolute Gasteiger partial charge is 0.462 e. The van der Waals surface area contributed by atoms with Crippen LogP contribution in [0.3, 0.4) is 0 Å². The van der Waals surface area contributed by atoms with Gasteiger partial charge in [-0.15, -0.1) is 0 Å². The van der Waals surface area contributed by atoms with Crippen molar-refractivity contribution in [1.29, 1.82) is 5.26 Å². The highest BCUT2D eigenvalue weighted by molar-refractivity contribution is 6.31. The average Bonchev–Trinajstić information content (AvgIpc) is 3.58. The number of ether oxygens (including phenoxy) is 1. The third-order valence-electron chi connectivity index (χ3n) is 10.7. The number of hydrogen-bond donors (Lipinski definition) is 0. The van der Waals surface area contributed by atoms with E-state index in [1.165, 1.54) is 16.0 Å². The summed E-state index contributed by atoms with van der Waals surface area (Å²) in [7, 11) is 2.12. The molecule has 0 bridgehead atoms. The van der Waals surface area contributed by atoms with Crippen LogP contribution in [0, 0.1) is 11.3 Å². The first-order valence-electron chi connectivity index (χ1n) is 15.4. The van der Waals surface area contributed by atoms with Crippen molar-refractivity contribution < 1.29 is 13.9 Å². The lowest BCUT2D eigenvalue weighted by molar-refractivity contribution is -0.131. The lowest BCUT2D eigenvalue weighted by Gasteiger charge is -2.50. The molecule has 2 saturated heterocycles. The van der Waals surface area contributed by atoms with Crippen molar-refractivity contribution in [2.75, 3.05) is 44.7 Å². The first kappa shape index (κ1) is 29.8. The summed E-state index contributed by atoms with van der Waals surface area (Å²) >= 11 is 6.69. The summed E-state index contributed by atoms with van der Waals surface area (Å²) in [5.41, 5.74) is 4.17. The zero-order valence-electron chi connectivity index (χ0n) is 25.3. The van der Waals surface area contributed by atoms with Crippen molar-refractivity contribution in [3.63, 3.8) is 0 Å². The molecule has 1 spiro atoms. The maximum Gasteiger partial charge on any atom is 0.318 e. The van der Waals surface area contributed by atoms with Crippen LogP contribution in [-0.2, 0) is 28.5 Å². The number of nitriles is 1. The topological polar surface area (TPSA) is 85.6 Å². The molecule has 10 heteroatoms. The number of hydrogen-bond acceptors (Lipinski definition) is 7. The van der Waals surface area contributed by atoms with Gasteiger partial charge in [-0.05, 0) is 69.3 Å². The molecule has 3 unspecified atom stereocenters. The minimum atomic E-state index is -1.01. The third-order valence-corrected chi connectivity index (χ3v) is 11.0. The van der Waals surface area contributed by atoms with Crippen LogP contribution in [0.4, 0.5) is 10.2 Å². The molecule has 43 heavy (non-hydrogen) atoms. The summed E-state index contributed by atoms with van der Waals surface area (Å²) in [5, 5.41) is 10.4. The lowest BCUT2D eigenvalue weighted by atomic mass is 9.55. The monoisotopic (exact) mass is 606 g/mol. The minimum Gasteiger partial charge on any atom is -0.462 e. The number of anilines is 1. The first-order valence-corrected chi connectivity index (χ1v) is 15.7. The van der Waals surface area contributed by atoms with Gasteiger partial charge in [0.1, 0.15) is 12.4 Å². The quantitative estimate of drug-likeness (QED) is 0.422. The highest BCUT2D eigenvalue weighted by Gasteiger charge is 2.55. The van der Waals surface area contributed by atoms with Crippen molar-refractivity contribution in [2.24, 2.45) is 0 Å². The highest BCUT2D eigenvalue weighted by atomic mass is 35.5. The fourth-order valence-electron chi connectivity index (χ4n) is 8.16. The fourth-order valence-corrected chi connectivity index (χ4v) is 8.43. The third kappa shape index (κ3) is 4.97. The number of carbonyl (C=O) groups is 1. The molecule has 1 aromatic heterocycles. The van der Waals surface area contributed by atoms with Crippen LogP contribution < -0.4 is 9.64 Å². The summed E-state index contributed by atoms with van der Waals surface area (Å²) in [6.07, 6.45) is 5.97. The number of amides is 1. The van der Waals surface area contributed by atoms with Gasteiger partial charge in [-0.2, -0.15) is 15.2 Å². The Morgan fingerprint density at radius 1 is 1.19 bits per heavy atom. The number of likely N-dealkylation sites (tertiary alicyclic amines) is 1. The van der Waals surface area contributed by atoms with E-state index in [1.54, 1.807) is 0 Å². The standard InChI is InChI=1S/C33H40ClFN6O2/c1-21(35)30(42)41-18-17-40(19-22(41)12-15-36)29-25-11-14-33(13-10-24-26(33)8-5-9-27(24)34)32(2,3)28(25)37-31(38-29)43-20-23-7-6-16-39(23)4/h5,8-9,22-23H,1,6-7,10-14,16-20H2,2-4H3. The van der Waals surface area contributed by atoms with Gasteiger partial charge in [-0.3, -0.25) is 4.79 Å². The smallest absolute Gasteiger partial charge is 0.318 e. The molecule has 3 atom stereocenters. The maximum absolute atomic E-state index is 13.9.